The summed E-state index contributed by atoms with van der Waals surface area (Å²) in [4.78, 5) is 23.1. The molecule has 0 saturated heterocycles. The van der Waals surface area contributed by atoms with E-state index in [9.17, 15) is 9.59 Å². The maximum Gasteiger partial charge on any atom is 0.345 e. The smallest absolute Gasteiger partial charge is 0.345 e. The zero-order valence-electron chi connectivity index (χ0n) is 7.53. The van der Waals surface area contributed by atoms with E-state index in [-0.39, 0.29) is 16.6 Å². The average molecular weight is 210 g/mol. The van der Waals surface area contributed by atoms with Gasteiger partial charge in [-0.3, -0.25) is 4.79 Å². The normalized spacial score (nSPS) is 16.3. The Morgan fingerprint density at radius 3 is 2.36 bits per heavy atom. The molecule has 1 aliphatic rings. The molecule has 1 heterocycles. The summed E-state index contributed by atoms with van der Waals surface area (Å²) in [6, 6.07) is 3.12. The summed E-state index contributed by atoms with van der Waals surface area (Å²) in [6.07, 6.45) is 3.03. The Labute approximate surface area is 85.4 Å². The largest absolute Gasteiger partial charge is 0.477 e. The maximum atomic E-state index is 11.7. The lowest BCUT2D eigenvalue weighted by molar-refractivity contribution is 0.0702. The van der Waals surface area contributed by atoms with E-state index in [2.05, 4.69) is 0 Å². The Kier molecular flexibility index (Phi) is 2.37. The number of Topliss-reactive ketones (excluding diaryl/α,β-unsaturated/α-hetero) is 1. The van der Waals surface area contributed by atoms with Gasteiger partial charge in [0.05, 0.1) is 4.88 Å². The third-order valence-electron chi connectivity index (χ3n) is 2.54. The molecular weight excluding hydrogens is 200 g/mol. The molecule has 1 aliphatic carbocycles. The molecule has 1 saturated carbocycles. The molecule has 0 unspecified atom stereocenters. The summed E-state index contributed by atoms with van der Waals surface area (Å²) in [6.45, 7) is 0. The molecule has 0 aliphatic heterocycles. The van der Waals surface area contributed by atoms with Crippen molar-refractivity contribution in [2.24, 2.45) is 5.92 Å². The fourth-order valence-corrected chi connectivity index (χ4v) is 2.32. The number of carboxylic acids is 1. The highest BCUT2D eigenvalue weighted by atomic mass is 32.1. The van der Waals surface area contributed by atoms with Gasteiger partial charge in [0.2, 0.25) is 0 Å². The number of carbonyl (C=O) groups is 2. The van der Waals surface area contributed by atoms with Gasteiger partial charge in [0.25, 0.3) is 0 Å². The number of aromatic carboxylic acids is 1. The van der Waals surface area contributed by atoms with Gasteiger partial charge in [0.1, 0.15) is 4.88 Å². The molecule has 0 atom stereocenters. The zero-order valence-corrected chi connectivity index (χ0v) is 8.34. The van der Waals surface area contributed by atoms with Crippen molar-refractivity contribution >= 4 is 23.1 Å². The predicted molar refractivity (Wildman–Crippen MR) is 52.9 cm³/mol. The minimum atomic E-state index is -0.956. The van der Waals surface area contributed by atoms with E-state index in [1.807, 2.05) is 0 Å². The third-order valence-corrected chi connectivity index (χ3v) is 3.62. The van der Waals surface area contributed by atoms with Gasteiger partial charge in [0.15, 0.2) is 5.78 Å². The van der Waals surface area contributed by atoms with Gasteiger partial charge >= 0.3 is 5.97 Å². The third kappa shape index (κ3) is 1.57. The quantitative estimate of drug-likeness (QED) is 0.779. The van der Waals surface area contributed by atoms with E-state index in [1.54, 1.807) is 6.07 Å². The van der Waals surface area contributed by atoms with Crippen molar-refractivity contribution in [2.45, 2.75) is 19.3 Å². The minimum absolute atomic E-state index is 0.119. The van der Waals surface area contributed by atoms with Crippen LogP contribution < -0.4 is 0 Å². The monoisotopic (exact) mass is 210 g/mol. The summed E-state index contributed by atoms with van der Waals surface area (Å²) in [5.74, 6) is -0.688. The molecule has 3 nitrogen and oxygen atoms in total. The molecule has 0 spiro atoms. The average Bonchev–Trinajstić information content (AvgIpc) is 2.48. The molecule has 1 aromatic rings. The first-order valence-corrected chi connectivity index (χ1v) is 5.37. The van der Waals surface area contributed by atoms with Crippen LogP contribution in [0.15, 0.2) is 12.1 Å². The molecular formula is C10H10O3S. The Hall–Kier alpha value is -1.16. The van der Waals surface area contributed by atoms with Gasteiger partial charge in [-0.25, -0.2) is 4.79 Å². The fourth-order valence-electron chi connectivity index (χ4n) is 1.46. The van der Waals surface area contributed by atoms with Crippen LogP contribution in [-0.2, 0) is 0 Å². The van der Waals surface area contributed by atoms with Crippen molar-refractivity contribution in [3.8, 4) is 0 Å². The van der Waals surface area contributed by atoms with E-state index < -0.39 is 5.97 Å². The Balaban J connectivity index is 2.15. The highest BCUT2D eigenvalue weighted by molar-refractivity contribution is 7.15. The van der Waals surface area contributed by atoms with Crippen LogP contribution >= 0.6 is 11.3 Å². The molecule has 14 heavy (non-hydrogen) atoms. The molecule has 0 radical (unpaired) electrons. The van der Waals surface area contributed by atoms with Crippen LogP contribution in [0.5, 0.6) is 0 Å². The van der Waals surface area contributed by atoms with Crippen LogP contribution in [-0.4, -0.2) is 16.9 Å². The van der Waals surface area contributed by atoms with Gasteiger partial charge in [-0.15, -0.1) is 11.3 Å². The van der Waals surface area contributed by atoms with Gasteiger partial charge in [-0.05, 0) is 25.0 Å². The van der Waals surface area contributed by atoms with Gasteiger partial charge in [0, 0.05) is 5.92 Å². The van der Waals surface area contributed by atoms with E-state index >= 15 is 0 Å². The second-order valence-corrected chi connectivity index (χ2v) is 4.54. The summed E-state index contributed by atoms with van der Waals surface area (Å²) in [7, 11) is 0. The first kappa shape index (κ1) is 9.40. The van der Waals surface area contributed by atoms with E-state index in [4.69, 9.17) is 5.11 Å². The van der Waals surface area contributed by atoms with Crippen molar-refractivity contribution < 1.29 is 14.7 Å². The van der Waals surface area contributed by atoms with Crippen molar-refractivity contribution in [3.05, 3.63) is 21.9 Å². The Bertz CT molecular complexity index is 376. The van der Waals surface area contributed by atoms with Crippen LogP contribution in [0.3, 0.4) is 0 Å². The highest BCUT2D eigenvalue weighted by Crippen LogP contribution is 2.31. The van der Waals surface area contributed by atoms with Gasteiger partial charge in [-0.2, -0.15) is 0 Å². The summed E-state index contributed by atoms with van der Waals surface area (Å²) in [5, 5.41) is 8.69. The second-order valence-electron chi connectivity index (χ2n) is 3.46. The minimum Gasteiger partial charge on any atom is -0.477 e. The number of hydrogen-bond acceptors (Lipinski definition) is 3. The molecule has 1 N–H and O–H groups in total. The Morgan fingerprint density at radius 2 is 1.93 bits per heavy atom. The second kappa shape index (κ2) is 3.53. The number of carboxylic acid groups (broad SMARTS) is 1. The van der Waals surface area contributed by atoms with E-state index in [0.717, 1.165) is 30.6 Å². The van der Waals surface area contributed by atoms with Gasteiger partial charge < -0.3 is 5.11 Å². The number of ketones is 1. The lowest BCUT2D eigenvalue weighted by Crippen LogP contribution is -2.20. The van der Waals surface area contributed by atoms with Crippen molar-refractivity contribution in [1.29, 1.82) is 0 Å². The lowest BCUT2D eigenvalue weighted by atomic mass is 9.82. The first-order chi connectivity index (χ1) is 6.68. The molecule has 1 aromatic heterocycles. The summed E-state index contributed by atoms with van der Waals surface area (Å²) >= 11 is 1.08. The van der Waals surface area contributed by atoms with Crippen molar-refractivity contribution in [1.82, 2.24) is 0 Å². The van der Waals surface area contributed by atoms with Crippen LogP contribution in [0.4, 0.5) is 0 Å². The molecule has 0 bridgehead atoms. The highest BCUT2D eigenvalue weighted by Gasteiger charge is 2.27. The van der Waals surface area contributed by atoms with Crippen LogP contribution in [0.25, 0.3) is 0 Å². The summed E-state index contributed by atoms with van der Waals surface area (Å²) in [5.41, 5.74) is 0. The molecule has 2 rings (SSSR count). The van der Waals surface area contributed by atoms with Crippen LogP contribution in [0.2, 0.25) is 0 Å². The predicted octanol–water partition coefficient (Wildman–Crippen LogP) is 2.43. The van der Waals surface area contributed by atoms with E-state index in [0.29, 0.717) is 4.88 Å². The molecule has 4 heteroatoms. The van der Waals surface area contributed by atoms with Crippen molar-refractivity contribution in [3.63, 3.8) is 0 Å². The zero-order chi connectivity index (χ0) is 10.1. The Morgan fingerprint density at radius 1 is 1.29 bits per heavy atom. The standard InChI is InChI=1S/C10H10O3S/c11-9(6-2-1-3-6)7-4-5-8(14-7)10(12)13/h4-6H,1-3H2,(H,12,13). The molecule has 0 aromatic carbocycles. The number of rotatable bonds is 3. The van der Waals surface area contributed by atoms with E-state index in [1.165, 1.54) is 6.07 Å². The van der Waals surface area contributed by atoms with Crippen LogP contribution in [0.1, 0.15) is 38.6 Å². The maximum absolute atomic E-state index is 11.7. The topological polar surface area (TPSA) is 54.4 Å². The first-order valence-electron chi connectivity index (χ1n) is 4.56. The van der Waals surface area contributed by atoms with Crippen LogP contribution in [0, 0.1) is 5.92 Å². The SMILES string of the molecule is O=C(O)c1ccc(C(=O)C2CCC2)s1. The fraction of sp³-hybridized carbons (Fsp3) is 0.400. The number of hydrogen-bond donors (Lipinski definition) is 1. The number of thiophene rings is 1. The lowest BCUT2D eigenvalue weighted by Gasteiger charge is -2.22. The summed E-state index contributed by atoms with van der Waals surface area (Å²) < 4.78 is 0. The van der Waals surface area contributed by atoms with Gasteiger partial charge in [-0.1, -0.05) is 6.42 Å². The molecule has 1 fully saturated rings. The molecule has 74 valence electrons. The van der Waals surface area contributed by atoms with Crippen molar-refractivity contribution in [2.75, 3.05) is 0 Å². The molecule has 0 amide bonds. The number of carbonyl (C=O) groups excluding carboxylic acids is 1.